The number of nitrogens with one attached hydrogen (secondary N) is 2. The molecule has 6 heteroatoms. The molecule has 0 aliphatic carbocycles. The Morgan fingerprint density at radius 2 is 1.85 bits per heavy atom. The number of imidazole rings is 1. The molecule has 5 nitrogen and oxygen atoms in total. The summed E-state index contributed by atoms with van der Waals surface area (Å²) in [6.45, 7) is 3.74. The van der Waals surface area contributed by atoms with Crippen molar-refractivity contribution in [1.82, 2.24) is 14.7 Å². The van der Waals surface area contributed by atoms with Gasteiger partial charge in [0.25, 0.3) is 0 Å². The van der Waals surface area contributed by atoms with E-state index >= 15 is 0 Å². The zero-order chi connectivity index (χ0) is 18.8. The maximum atomic E-state index is 12.8. The highest BCUT2D eigenvalue weighted by Crippen LogP contribution is 2.24. The molecule has 3 rings (SSSR count). The van der Waals surface area contributed by atoms with Crippen molar-refractivity contribution in [3.05, 3.63) is 48.5 Å². The minimum Gasteiger partial charge on any atom is -0.338 e. The third-order valence-electron chi connectivity index (χ3n) is 4.62. The molecule has 1 aromatic heterocycles. The van der Waals surface area contributed by atoms with E-state index in [-0.39, 0.29) is 4.90 Å². The zero-order valence-corrected chi connectivity index (χ0v) is 15.6. The van der Waals surface area contributed by atoms with E-state index in [1.807, 2.05) is 44.2 Å². The molecule has 0 spiro atoms. The van der Waals surface area contributed by atoms with Gasteiger partial charge >= 0.3 is 0 Å². The van der Waals surface area contributed by atoms with E-state index in [9.17, 15) is 8.42 Å². The molecule has 0 fully saturated rings. The highest BCUT2D eigenvalue weighted by Gasteiger charge is 2.30. The predicted octanol–water partition coefficient (Wildman–Crippen LogP) is 3.70. The second-order valence-electron chi connectivity index (χ2n) is 6.17. The lowest BCUT2D eigenvalue weighted by atomic mass is 9.96. The lowest BCUT2D eigenvalue weighted by Crippen LogP contribution is -2.46. The van der Waals surface area contributed by atoms with Gasteiger partial charge in [0.1, 0.15) is 5.82 Å². The minimum absolute atomic E-state index is 0.162. The fourth-order valence-electron chi connectivity index (χ4n) is 2.83. The van der Waals surface area contributed by atoms with Crippen molar-refractivity contribution in [1.29, 1.82) is 0 Å². The van der Waals surface area contributed by atoms with E-state index < -0.39 is 15.6 Å². The first-order valence-electron chi connectivity index (χ1n) is 8.50. The number of nitrogens with zero attached hydrogens (tertiary/aromatic N) is 1. The van der Waals surface area contributed by atoms with E-state index in [0.717, 1.165) is 5.56 Å². The van der Waals surface area contributed by atoms with Gasteiger partial charge in [0.05, 0.1) is 21.5 Å². The van der Waals surface area contributed by atoms with Crippen LogP contribution in [0.2, 0.25) is 0 Å². The first-order valence-corrected chi connectivity index (χ1v) is 9.98. The van der Waals surface area contributed by atoms with Gasteiger partial charge < -0.3 is 4.98 Å². The van der Waals surface area contributed by atoms with Crippen LogP contribution in [0, 0.1) is 12.3 Å². The summed E-state index contributed by atoms with van der Waals surface area (Å²) in [7, 11) is -3.74. The summed E-state index contributed by atoms with van der Waals surface area (Å²) >= 11 is 0. The van der Waals surface area contributed by atoms with E-state index in [1.54, 1.807) is 18.2 Å². The Hall–Kier alpha value is -2.62. The number of aromatic nitrogens is 2. The van der Waals surface area contributed by atoms with Gasteiger partial charge in [-0.3, -0.25) is 0 Å². The van der Waals surface area contributed by atoms with Crippen LogP contribution in [0.25, 0.3) is 22.4 Å². The van der Waals surface area contributed by atoms with Gasteiger partial charge in [-0.25, -0.2) is 13.4 Å². The number of rotatable bonds is 6. The van der Waals surface area contributed by atoms with Gasteiger partial charge in [0, 0.05) is 5.56 Å². The number of terminal acetylenes is 1. The molecule has 2 N–H and O–H groups in total. The first kappa shape index (κ1) is 18.2. The molecule has 3 aromatic rings. The van der Waals surface area contributed by atoms with Crippen molar-refractivity contribution in [2.75, 3.05) is 0 Å². The van der Waals surface area contributed by atoms with E-state index in [1.165, 1.54) is 0 Å². The quantitative estimate of drug-likeness (QED) is 0.652. The van der Waals surface area contributed by atoms with Crippen LogP contribution < -0.4 is 4.72 Å². The van der Waals surface area contributed by atoms with Gasteiger partial charge in [-0.1, -0.05) is 50.1 Å². The third kappa shape index (κ3) is 3.36. The summed E-state index contributed by atoms with van der Waals surface area (Å²) in [5.74, 6) is 3.29. The molecule has 0 aliphatic heterocycles. The Bertz CT molecular complexity index is 1060. The molecule has 134 valence electrons. The number of hydrogen-bond acceptors (Lipinski definition) is 3. The molecule has 26 heavy (non-hydrogen) atoms. The standard InChI is InChI=1S/C20H21N3O2S/c1-4-20(5-2,6-3)23-26(24,25)16-12-13-17-18(14-16)22-19(21-17)15-10-8-7-9-11-15/h1,7-14,23H,5-6H2,2-3H3,(H,21,22). The highest BCUT2D eigenvalue weighted by molar-refractivity contribution is 7.89. The molecule has 0 saturated heterocycles. The van der Waals surface area contributed by atoms with Crippen LogP contribution in [0.3, 0.4) is 0 Å². The number of benzene rings is 2. The second kappa shape index (κ2) is 6.94. The van der Waals surface area contributed by atoms with E-state index in [4.69, 9.17) is 6.42 Å². The van der Waals surface area contributed by atoms with Crippen molar-refractivity contribution in [2.45, 2.75) is 37.1 Å². The van der Waals surface area contributed by atoms with Gasteiger partial charge in [0.15, 0.2) is 0 Å². The lowest BCUT2D eigenvalue weighted by molar-refractivity contribution is 0.451. The summed E-state index contributed by atoms with van der Waals surface area (Å²) in [5.41, 5.74) is 1.43. The third-order valence-corrected chi connectivity index (χ3v) is 6.16. The SMILES string of the molecule is C#CC(CC)(CC)NS(=O)(=O)c1ccc2nc(-c3ccccc3)[nH]c2c1. The van der Waals surface area contributed by atoms with Crippen LogP contribution in [0.4, 0.5) is 0 Å². The van der Waals surface area contributed by atoms with Crippen LogP contribution in [-0.2, 0) is 10.0 Å². The van der Waals surface area contributed by atoms with Crippen LogP contribution in [0.5, 0.6) is 0 Å². The Kier molecular flexibility index (Phi) is 4.86. The van der Waals surface area contributed by atoms with Crippen LogP contribution in [0.1, 0.15) is 26.7 Å². The van der Waals surface area contributed by atoms with Gasteiger partial charge in [0.2, 0.25) is 10.0 Å². The van der Waals surface area contributed by atoms with Crippen molar-refractivity contribution in [3.8, 4) is 23.7 Å². The second-order valence-corrected chi connectivity index (χ2v) is 7.85. The van der Waals surface area contributed by atoms with E-state index in [0.29, 0.717) is 29.7 Å². The molecule has 0 saturated carbocycles. The predicted molar refractivity (Wildman–Crippen MR) is 104 cm³/mol. The molecule has 0 aliphatic rings. The van der Waals surface area contributed by atoms with Crippen LogP contribution in [0.15, 0.2) is 53.4 Å². The minimum atomic E-state index is -3.74. The normalized spacial score (nSPS) is 12.2. The summed E-state index contributed by atoms with van der Waals surface area (Å²) < 4.78 is 28.3. The number of sulfonamides is 1. The molecular formula is C20H21N3O2S. The fraction of sp³-hybridized carbons (Fsp3) is 0.250. The zero-order valence-electron chi connectivity index (χ0n) is 14.8. The topological polar surface area (TPSA) is 74.8 Å². The molecular weight excluding hydrogens is 346 g/mol. The van der Waals surface area contributed by atoms with Crippen molar-refractivity contribution < 1.29 is 8.42 Å². The Balaban J connectivity index is 2.00. The van der Waals surface area contributed by atoms with Crippen LogP contribution >= 0.6 is 0 Å². The van der Waals surface area contributed by atoms with Gasteiger partial charge in [-0.05, 0) is 31.0 Å². The monoisotopic (exact) mass is 367 g/mol. The average Bonchev–Trinajstić information content (AvgIpc) is 3.10. The van der Waals surface area contributed by atoms with Crippen molar-refractivity contribution >= 4 is 21.1 Å². The molecule has 2 aromatic carbocycles. The highest BCUT2D eigenvalue weighted by atomic mass is 32.2. The molecule has 0 radical (unpaired) electrons. The number of fused-ring (bicyclic) bond motifs is 1. The largest absolute Gasteiger partial charge is 0.338 e. The lowest BCUT2D eigenvalue weighted by Gasteiger charge is -2.26. The van der Waals surface area contributed by atoms with Gasteiger partial charge in [-0.15, -0.1) is 6.42 Å². The van der Waals surface area contributed by atoms with Crippen molar-refractivity contribution in [3.63, 3.8) is 0 Å². The summed E-state index contributed by atoms with van der Waals surface area (Å²) in [4.78, 5) is 7.87. The number of aromatic amines is 1. The number of hydrogen-bond donors (Lipinski definition) is 2. The fourth-order valence-corrected chi connectivity index (χ4v) is 4.33. The van der Waals surface area contributed by atoms with Gasteiger partial charge in [-0.2, -0.15) is 4.72 Å². The molecule has 1 heterocycles. The maximum Gasteiger partial charge on any atom is 0.241 e. The number of H-pyrrole nitrogens is 1. The molecule has 0 amide bonds. The Morgan fingerprint density at radius 3 is 2.46 bits per heavy atom. The van der Waals surface area contributed by atoms with Crippen LogP contribution in [-0.4, -0.2) is 23.9 Å². The summed E-state index contributed by atoms with van der Waals surface area (Å²) in [6, 6.07) is 14.5. The molecule has 0 bridgehead atoms. The van der Waals surface area contributed by atoms with E-state index in [2.05, 4.69) is 20.6 Å². The maximum absolute atomic E-state index is 12.8. The smallest absolute Gasteiger partial charge is 0.241 e. The average molecular weight is 367 g/mol. The summed E-state index contributed by atoms with van der Waals surface area (Å²) in [5, 5.41) is 0. The molecule has 0 atom stereocenters. The molecule has 0 unspecified atom stereocenters. The van der Waals surface area contributed by atoms with Crippen molar-refractivity contribution in [2.24, 2.45) is 0 Å². The summed E-state index contributed by atoms with van der Waals surface area (Å²) in [6.07, 6.45) is 6.61. The first-order chi connectivity index (χ1) is 12.4. The Labute approximate surface area is 153 Å². The Morgan fingerprint density at radius 1 is 1.15 bits per heavy atom.